The van der Waals surface area contributed by atoms with Gasteiger partial charge in [0.2, 0.25) is 5.91 Å². The maximum atomic E-state index is 11.8. The summed E-state index contributed by atoms with van der Waals surface area (Å²) in [7, 11) is 0. The van der Waals surface area contributed by atoms with Crippen LogP contribution in [0.3, 0.4) is 0 Å². The Kier molecular flexibility index (Phi) is 8.63. The molecule has 1 amide bonds. The lowest BCUT2D eigenvalue weighted by atomic mass is 10.1. The Morgan fingerprint density at radius 2 is 2.14 bits per heavy atom. The molecule has 2 unspecified atom stereocenters. The van der Waals surface area contributed by atoms with Crippen molar-refractivity contribution in [2.75, 3.05) is 32.0 Å². The summed E-state index contributed by atoms with van der Waals surface area (Å²) in [6, 6.07) is 7.72. The maximum absolute atomic E-state index is 11.8. The van der Waals surface area contributed by atoms with Crippen LogP contribution in [-0.2, 0) is 4.79 Å². The predicted molar refractivity (Wildman–Crippen MR) is 91.0 cm³/mol. The number of aliphatic hydroxyl groups excluding tert-OH is 1. The van der Waals surface area contributed by atoms with Crippen molar-refractivity contribution in [3.63, 3.8) is 0 Å². The zero-order valence-electron chi connectivity index (χ0n) is 12.6. The number of aliphatic hydroxyl groups is 1. The maximum Gasteiger partial charge on any atom is 0.230 e. The van der Waals surface area contributed by atoms with Crippen molar-refractivity contribution in [1.82, 2.24) is 10.6 Å². The van der Waals surface area contributed by atoms with Crippen molar-refractivity contribution in [2.45, 2.75) is 17.9 Å². The second kappa shape index (κ2) is 9.94. The van der Waals surface area contributed by atoms with Gasteiger partial charge in [-0.15, -0.1) is 24.2 Å². The Hall–Kier alpha value is -0.950. The van der Waals surface area contributed by atoms with E-state index >= 15 is 0 Å². The molecule has 2 rings (SSSR count). The first-order valence-electron chi connectivity index (χ1n) is 7.20. The van der Waals surface area contributed by atoms with Gasteiger partial charge < -0.3 is 20.5 Å². The first-order valence-corrected chi connectivity index (χ1v) is 8.18. The average Bonchev–Trinajstić information content (AvgIpc) is 2.90. The smallest absolute Gasteiger partial charge is 0.230 e. The molecule has 1 saturated heterocycles. The highest BCUT2D eigenvalue weighted by Gasteiger charge is 2.24. The molecule has 1 heterocycles. The van der Waals surface area contributed by atoms with Crippen molar-refractivity contribution < 1.29 is 14.6 Å². The van der Waals surface area contributed by atoms with Crippen molar-refractivity contribution >= 4 is 30.1 Å². The highest BCUT2D eigenvalue weighted by Crippen LogP contribution is 2.21. The second-order valence-corrected chi connectivity index (χ2v) is 6.03. The molecule has 1 fully saturated rings. The molecule has 0 radical (unpaired) electrons. The fourth-order valence-electron chi connectivity index (χ4n) is 2.17. The van der Waals surface area contributed by atoms with E-state index in [-0.39, 0.29) is 30.3 Å². The number of rotatable bonds is 7. The van der Waals surface area contributed by atoms with E-state index in [4.69, 9.17) is 4.74 Å². The Balaban J connectivity index is 0.00000242. The second-order valence-electron chi connectivity index (χ2n) is 4.98. The van der Waals surface area contributed by atoms with Crippen molar-refractivity contribution in [3.8, 4) is 5.75 Å². The van der Waals surface area contributed by atoms with E-state index in [2.05, 4.69) is 10.6 Å². The third kappa shape index (κ3) is 6.04. The van der Waals surface area contributed by atoms with E-state index in [9.17, 15) is 9.90 Å². The largest absolute Gasteiger partial charge is 0.494 e. The molecule has 0 saturated carbocycles. The van der Waals surface area contributed by atoms with E-state index in [1.165, 1.54) is 11.8 Å². The highest BCUT2D eigenvalue weighted by molar-refractivity contribution is 8.00. The number of ether oxygens (including phenoxy) is 1. The molecule has 1 aromatic carbocycles. The lowest BCUT2D eigenvalue weighted by Crippen LogP contribution is -2.35. The molecule has 22 heavy (non-hydrogen) atoms. The fraction of sp³-hybridized carbons (Fsp3) is 0.533. The summed E-state index contributed by atoms with van der Waals surface area (Å²) in [4.78, 5) is 12.8. The summed E-state index contributed by atoms with van der Waals surface area (Å²) in [5.74, 6) is 1.33. The number of benzene rings is 1. The van der Waals surface area contributed by atoms with Crippen LogP contribution >= 0.6 is 24.2 Å². The van der Waals surface area contributed by atoms with Crippen LogP contribution in [0.25, 0.3) is 0 Å². The normalized spacial score (nSPS) is 20.3. The van der Waals surface area contributed by atoms with E-state index in [0.29, 0.717) is 25.4 Å². The molecule has 5 nitrogen and oxygen atoms in total. The summed E-state index contributed by atoms with van der Waals surface area (Å²) in [6.45, 7) is 4.49. The van der Waals surface area contributed by atoms with E-state index in [0.717, 1.165) is 17.2 Å². The fourth-order valence-corrected chi connectivity index (χ4v) is 2.90. The van der Waals surface area contributed by atoms with Crippen LogP contribution in [0.1, 0.15) is 6.92 Å². The molecule has 124 valence electrons. The number of thioether (sulfide) groups is 1. The number of hydrogen-bond donors (Lipinski definition) is 3. The molecule has 0 spiro atoms. The van der Waals surface area contributed by atoms with Gasteiger partial charge in [-0.1, -0.05) is 0 Å². The molecule has 1 aliphatic rings. The van der Waals surface area contributed by atoms with Gasteiger partial charge in [0.1, 0.15) is 5.75 Å². The van der Waals surface area contributed by atoms with Gasteiger partial charge in [-0.25, -0.2) is 0 Å². The number of carbonyl (C=O) groups excluding carboxylic acids is 1. The highest BCUT2D eigenvalue weighted by atomic mass is 35.5. The summed E-state index contributed by atoms with van der Waals surface area (Å²) >= 11 is 1.49. The monoisotopic (exact) mass is 346 g/mol. The molecule has 0 aromatic heterocycles. The third-order valence-corrected chi connectivity index (χ3v) is 4.38. The SMILES string of the molecule is CCOc1ccc(SCC(=O)NCC2CNCC2O)cc1.Cl. The molecule has 2 atom stereocenters. The zero-order valence-corrected chi connectivity index (χ0v) is 14.2. The Bertz CT molecular complexity index is 459. The summed E-state index contributed by atoms with van der Waals surface area (Å²) < 4.78 is 5.37. The Morgan fingerprint density at radius 3 is 2.73 bits per heavy atom. The quantitative estimate of drug-likeness (QED) is 0.649. The van der Waals surface area contributed by atoms with E-state index in [1.807, 2.05) is 31.2 Å². The molecule has 0 aliphatic carbocycles. The summed E-state index contributed by atoms with van der Waals surface area (Å²) in [6.07, 6.45) is -0.357. The van der Waals surface area contributed by atoms with Crippen molar-refractivity contribution in [3.05, 3.63) is 24.3 Å². The minimum atomic E-state index is -0.357. The molecular weight excluding hydrogens is 324 g/mol. The summed E-state index contributed by atoms with van der Waals surface area (Å²) in [5.41, 5.74) is 0. The Labute approximate surface area is 141 Å². The van der Waals surface area contributed by atoms with Crippen molar-refractivity contribution in [2.24, 2.45) is 5.92 Å². The van der Waals surface area contributed by atoms with Gasteiger partial charge in [0, 0.05) is 30.4 Å². The lowest BCUT2D eigenvalue weighted by molar-refractivity contribution is -0.118. The molecule has 1 aliphatic heterocycles. The number of carbonyl (C=O) groups is 1. The van der Waals surface area contributed by atoms with Crippen LogP contribution in [-0.4, -0.2) is 49.1 Å². The minimum absolute atomic E-state index is 0. The molecule has 0 bridgehead atoms. The van der Waals surface area contributed by atoms with E-state index < -0.39 is 0 Å². The van der Waals surface area contributed by atoms with Crippen LogP contribution in [0, 0.1) is 5.92 Å². The minimum Gasteiger partial charge on any atom is -0.494 e. The van der Waals surface area contributed by atoms with Crippen LogP contribution in [0.2, 0.25) is 0 Å². The zero-order chi connectivity index (χ0) is 15.1. The van der Waals surface area contributed by atoms with Crippen LogP contribution < -0.4 is 15.4 Å². The van der Waals surface area contributed by atoms with Gasteiger partial charge in [-0.3, -0.25) is 4.79 Å². The molecule has 1 aromatic rings. The topological polar surface area (TPSA) is 70.6 Å². The Morgan fingerprint density at radius 1 is 1.41 bits per heavy atom. The van der Waals surface area contributed by atoms with Gasteiger partial charge in [-0.05, 0) is 31.2 Å². The van der Waals surface area contributed by atoms with Crippen LogP contribution in [0.5, 0.6) is 5.75 Å². The molecule has 7 heteroatoms. The van der Waals surface area contributed by atoms with Gasteiger partial charge in [-0.2, -0.15) is 0 Å². The van der Waals surface area contributed by atoms with Gasteiger partial charge in [0.15, 0.2) is 0 Å². The molecular formula is C15H23ClN2O3S. The predicted octanol–water partition coefficient (Wildman–Crippen LogP) is 1.30. The number of hydrogen-bond acceptors (Lipinski definition) is 5. The first-order chi connectivity index (χ1) is 10.2. The van der Waals surface area contributed by atoms with Crippen molar-refractivity contribution in [1.29, 1.82) is 0 Å². The number of amides is 1. The number of β-amino-alcohol motifs (C(OH)–C–C–N with tert-alkyl or cyclic N) is 1. The van der Waals surface area contributed by atoms with Gasteiger partial charge in [0.05, 0.1) is 18.5 Å². The third-order valence-electron chi connectivity index (χ3n) is 3.37. The number of halogens is 1. The van der Waals surface area contributed by atoms with Crippen LogP contribution in [0.4, 0.5) is 0 Å². The average molecular weight is 347 g/mol. The summed E-state index contributed by atoms with van der Waals surface area (Å²) in [5, 5.41) is 15.6. The standard InChI is InChI=1S/C15H22N2O3S.ClH/c1-2-20-12-3-5-13(6-4-12)21-10-15(19)17-8-11-7-16-9-14(11)18;/h3-6,11,14,16,18H,2,7-10H2,1H3,(H,17,19);1H. The first kappa shape index (κ1) is 19.1. The van der Waals surface area contributed by atoms with Crippen LogP contribution in [0.15, 0.2) is 29.2 Å². The van der Waals surface area contributed by atoms with E-state index in [1.54, 1.807) is 0 Å². The molecule has 3 N–H and O–H groups in total. The van der Waals surface area contributed by atoms with Gasteiger partial charge >= 0.3 is 0 Å². The number of nitrogens with one attached hydrogen (secondary N) is 2. The van der Waals surface area contributed by atoms with Gasteiger partial charge in [0.25, 0.3) is 0 Å². The lowest BCUT2D eigenvalue weighted by Gasteiger charge is -2.14.